The second-order valence-electron chi connectivity index (χ2n) is 6.02. The molecular formula is C19H21NO5S2. The number of sulfone groups is 2. The van der Waals surface area contributed by atoms with Crippen LogP contribution in [0.15, 0.2) is 56.5 Å². The van der Waals surface area contributed by atoms with E-state index in [0.717, 1.165) is 18.8 Å². The summed E-state index contributed by atoms with van der Waals surface area (Å²) in [4.78, 5) is 1.74. The molecular weight excluding hydrogens is 386 g/mol. The van der Waals surface area contributed by atoms with E-state index >= 15 is 0 Å². The van der Waals surface area contributed by atoms with Crippen molar-refractivity contribution in [1.82, 2.24) is 0 Å². The van der Waals surface area contributed by atoms with Crippen LogP contribution in [0.5, 0.6) is 5.75 Å². The van der Waals surface area contributed by atoms with Gasteiger partial charge >= 0.3 is 0 Å². The summed E-state index contributed by atoms with van der Waals surface area (Å²) in [6.45, 7) is 5.66. The third kappa shape index (κ3) is 3.12. The van der Waals surface area contributed by atoms with Gasteiger partial charge < -0.3 is 9.64 Å². The lowest BCUT2D eigenvalue weighted by atomic mass is 10.1. The molecule has 0 saturated carbocycles. The van der Waals surface area contributed by atoms with Crippen LogP contribution in [0.4, 0.5) is 5.69 Å². The quantitative estimate of drug-likeness (QED) is 0.758. The van der Waals surface area contributed by atoms with Crippen LogP contribution in [0.25, 0.3) is 6.08 Å². The number of ether oxygens (including phenoxy) is 1. The molecule has 8 heteroatoms. The van der Waals surface area contributed by atoms with E-state index in [0.29, 0.717) is 11.3 Å². The Morgan fingerprint density at radius 3 is 1.96 bits per heavy atom. The molecule has 0 aromatic heterocycles. The van der Waals surface area contributed by atoms with Crippen molar-refractivity contribution in [2.24, 2.45) is 0 Å². The molecule has 0 bridgehead atoms. The number of anilines is 1. The van der Waals surface area contributed by atoms with Crippen molar-refractivity contribution >= 4 is 31.4 Å². The number of hydrogen-bond donors (Lipinski definition) is 0. The zero-order valence-corrected chi connectivity index (χ0v) is 17.0. The highest BCUT2D eigenvalue weighted by molar-refractivity contribution is 8.17. The number of fused-ring (bicyclic) bond motifs is 1. The molecule has 3 rings (SSSR count). The van der Waals surface area contributed by atoms with Crippen LogP contribution >= 0.6 is 0 Å². The van der Waals surface area contributed by atoms with Gasteiger partial charge in [0.25, 0.3) is 0 Å². The molecule has 0 saturated heterocycles. The van der Waals surface area contributed by atoms with Crippen molar-refractivity contribution in [3.05, 3.63) is 52.3 Å². The van der Waals surface area contributed by atoms with Crippen molar-refractivity contribution in [2.45, 2.75) is 23.6 Å². The molecule has 1 heterocycles. The second-order valence-corrected chi connectivity index (χ2v) is 10.0. The lowest BCUT2D eigenvalue weighted by Gasteiger charge is -2.22. The number of hydrogen-bond acceptors (Lipinski definition) is 6. The van der Waals surface area contributed by atoms with Gasteiger partial charge in [0.2, 0.25) is 19.7 Å². The molecule has 0 unspecified atom stereocenters. The summed E-state index contributed by atoms with van der Waals surface area (Å²) in [6.07, 6.45) is 1.18. The predicted molar refractivity (Wildman–Crippen MR) is 105 cm³/mol. The van der Waals surface area contributed by atoms with Crippen molar-refractivity contribution in [3.8, 4) is 5.75 Å². The molecule has 0 spiro atoms. The Bertz CT molecular complexity index is 1060. The van der Waals surface area contributed by atoms with Crippen LogP contribution in [0.1, 0.15) is 19.4 Å². The van der Waals surface area contributed by atoms with E-state index in [1.807, 2.05) is 19.9 Å². The van der Waals surface area contributed by atoms with Gasteiger partial charge in [0.15, 0.2) is 4.24 Å². The van der Waals surface area contributed by atoms with Gasteiger partial charge in [-0.2, -0.15) is 0 Å². The molecule has 144 valence electrons. The number of rotatable bonds is 5. The van der Waals surface area contributed by atoms with Crippen LogP contribution in [0, 0.1) is 0 Å². The molecule has 0 aliphatic carbocycles. The Labute approximate surface area is 159 Å². The van der Waals surface area contributed by atoms with E-state index in [4.69, 9.17) is 4.74 Å². The first-order valence-corrected chi connectivity index (χ1v) is 11.5. The van der Waals surface area contributed by atoms with Crippen molar-refractivity contribution in [2.75, 3.05) is 25.1 Å². The topological polar surface area (TPSA) is 80.8 Å². The summed E-state index contributed by atoms with van der Waals surface area (Å²) in [5, 5.41) is 0. The highest BCUT2D eigenvalue weighted by atomic mass is 32.3. The van der Waals surface area contributed by atoms with Crippen molar-refractivity contribution < 1.29 is 21.6 Å². The fourth-order valence-electron chi connectivity index (χ4n) is 3.14. The zero-order chi connectivity index (χ0) is 19.8. The van der Waals surface area contributed by atoms with Crippen molar-refractivity contribution in [1.29, 1.82) is 0 Å². The molecule has 1 aliphatic rings. The van der Waals surface area contributed by atoms with Gasteiger partial charge in [-0.1, -0.05) is 12.1 Å². The molecule has 2 aromatic rings. The average Bonchev–Trinajstić information content (AvgIpc) is 2.81. The Hall–Kier alpha value is -2.32. The first-order chi connectivity index (χ1) is 12.8. The molecule has 2 aromatic carbocycles. The minimum Gasteiger partial charge on any atom is -0.496 e. The minimum atomic E-state index is -4.11. The fourth-order valence-corrected chi connectivity index (χ4v) is 7.67. The second kappa shape index (κ2) is 7.01. The van der Waals surface area contributed by atoms with E-state index in [1.54, 1.807) is 12.1 Å². The standard InChI is InChI=1S/C19H21NO5S2/c1-4-20(5-2)15-11-10-14(16(13-15)25-3)12-19-26(21,22)17-8-6-7-9-18(17)27(19,23)24/h6-13H,4-5H2,1-3H3. The SMILES string of the molecule is CCN(CC)c1ccc(C=C2S(=O)(=O)c3ccccc3S2(=O)=O)c(OC)c1. The maximum Gasteiger partial charge on any atom is 0.219 e. The van der Waals surface area contributed by atoms with Crippen LogP contribution in [0.2, 0.25) is 0 Å². The molecule has 0 amide bonds. The van der Waals surface area contributed by atoms with Gasteiger partial charge in [0.1, 0.15) is 5.75 Å². The first kappa shape index (κ1) is 19.4. The Morgan fingerprint density at radius 2 is 1.48 bits per heavy atom. The maximum absolute atomic E-state index is 12.8. The Balaban J connectivity index is 2.18. The van der Waals surface area contributed by atoms with Gasteiger partial charge in [-0.3, -0.25) is 0 Å². The maximum atomic E-state index is 12.8. The monoisotopic (exact) mass is 407 g/mol. The summed E-state index contributed by atoms with van der Waals surface area (Å²) >= 11 is 0. The normalized spacial score (nSPS) is 16.6. The van der Waals surface area contributed by atoms with E-state index in [2.05, 4.69) is 4.90 Å². The minimum absolute atomic E-state index is 0.185. The lowest BCUT2D eigenvalue weighted by Crippen LogP contribution is -2.21. The summed E-state index contributed by atoms with van der Waals surface area (Å²) in [5.74, 6) is 0.410. The third-order valence-corrected chi connectivity index (χ3v) is 9.19. The van der Waals surface area contributed by atoms with Crippen LogP contribution in [0.3, 0.4) is 0 Å². The third-order valence-electron chi connectivity index (χ3n) is 4.58. The van der Waals surface area contributed by atoms with Gasteiger partial charge in [-0.25, -0.2) is 16.8 Å². The van der Waals surface area contributed by atoms with E-state index in [9.17, 15) is 16.8 Å². The van der Waals surface area contributed by atoms with Gasteiger partial charge in [-0.15, -0.1) is 0 Å². The Kier molecular flexibility index (Phi) is 5.05. The molecule has 0 N–H and O–H groups in total. The molecule has 0 atom stereocenters. The van der Waals surface area contributed by atoms with Crippen LogP contribution < -0.4 is 9.64 Å². The number of benzene rings is 2. The molecule has 6 nitrogen and oxygen atoms in total. The first-order valence-electron chi connectivity index (χ1n) is 8.51. The van der Waals surface area contributed by atoms with Crippen molar-refractivity contribution in [3.63, 3.8) is 0 Å². The molecule has 0 fully saturated rings. The highest BCUT2D eigenvalue weighted by Gasteiger charge is 2.44. The summed E-state index contributed by atoms with van der Waals surface area (Å²) in [7, 11) is -6.74. The fraction of sp³-hybridized carbons (Fsp3) is 0.263. The average molecular weight is 408 g/mol. The lowest BCUT2D eigenvalue weighted by molar-refractivity contribution is 0.414. The van der Waals surface area contributed by atoms with Gasteiger partial charge in [0.05, 0.1) is 16.9 Å². The summed E-state index contributed by atoms with van der Waals surface area (Å²) in [6, 6.07) is 10.9. The van der Waals surface area contributed by atoms with E-state index in [1.165, 1.54) is 37.5 Å². The van der Waals surface area contributed by atoms with Crippen LogP contribution in [-0.2, 0) is 19.7 Å². The van der Waals surface area contributed by atoms with Gasteiger partial charge in [-0.05, 0) is 44.2 Å². The summed E-state index contributed by atoms with van der Waals surface area (Å²) in [5.41, 5.74) is 1.31. The van der Waals surface area contributed by atoms with Crippen LogP contribution in [-0.4, -0.2) is 37.0 Å². The largest absolute Gasteiger partial charge is 0.496 e. The molecule has 27 heavy (non-hydrogen) atoms. The zero-order valence-electron chi connectivity index (χ0n) is 15.3. The number of methoxy groups -OCH3 is 1. The number of nitrogens with zero attached hydrogens (tertiary/aromatic N) is 1. The van der Waals surface area contributed by atoms with E-state index < -0.39 is 23.9 Å². The summed E-state index contributed by atoms with van der Waals surface area (Å²) < 4.78 is 55.9. The van der Waals surface area contributed by atoms with E-state index in [-0.39, 0.29) is 9.79 Å². The smallest absolute Gasteiger partial charge is 0.219 e. The van der Waals surface area contributed by atoms with Gasteiger partial charge in [0, 0.05) is 30.4 Å². The molecule has 1 aliphatic heterocycles. The molecule has 0 radical (unpaired) electrons. The highest BCUT2D eigenvalue weighted by Crippen LogP contribution is 2.42. The predicted octanol–water partition coefficient (Wildman–Crippen LogP) is 3.10. The Morgan fingerprint density at radius 1 is 0.926 bits per heavy atom.